The van der Waals surface area contributed by atoms with Gasteiger partial charge in [-0.15, -0.1) is 0 Å². The molecule has 0 amide bonds. The molecule has 3 heteroatoms. The van der Waals surface area contributed by atoms with Crippen molar-refractivity contribution in [2.75, 3.05) is 0 Å². The Morgan fingerprint density at radius 1 is 0.524 bits per heavy atom. The molecule has 0 unspecified atom stereocenters. The SMILES string of the molecule is Brc1ccc(-c2cccc(-c3ccccc3Br)c2Br)cc1. The molecule has 21 heavy (non-hydrogen) atoms. The first-order valence-electron chi connectivity index (χ1n) is 6.46. The van der Waals surface area contributed by atoms with Crippen LogP contribution in [0.4, 0.5) is 0 Å². The van der Waals surface area contributed by atoms with Gasteiger partial charge < -0.3 is 0 Å². The van der Waals surface area contributed by atoms with E-state index in [1.165, 1.54) is 22.3 Å². The Morgan fingerprint density at radius 2 is 1.14 bits per heavy atom. The minimum Gasteiger partial charge on any atom is -0.0616 e. The van der Waals surface area contributed by atoms with E-state index >= 15 is 0 Å². The maximum absolute atomic E-state index is 3.77. The largest absolute Gasteiger partial charge is 0.0616 e. The Kier molecular flexibility index (Phi) is 4.63. The van der Waals surface area contributed by atoms with Gasteiger partial charge >= 0.3 is 0 Å². The van der Waals surface area contributed by atoms with Gasteiger partial charge in [-0.1, -0.05) is 80.4 Å². The summed E-state index contributed by atoms with van der Waals surface area (Å²) in [6.07, 6.45) is 0. The maximum Gasteiger partial charge on any atom is 0.0332 e. The van der Waals surface area contributed by atoms with Crippen LogP contribution in [-0.4, -0.2) is 0 Å². The van der Waals surface area contributed by atoms with Crippen LogP contribution in [0, 0.1) is 0 Å². The zero-order valence-corrected chi connectivity index (χ0v) is 15.7. The first-order valence-corrected chi connectivity index (χ1v) is 8.84. The van der Waals surface area contributed by atoms with Crippen molar-refractivity contribution in [1.29, 1.82) is 0 Å². The summed E-state index contributed by atoms with van der Waals surface area (Å²) in [7, 11) is 0. The van der Waals surface area contributed by atoms with Crippen LogP contribution in [-0.2, 0) is 0 Å². The molecule has 3 aromatic carbocycles. The standard InChI is InChI=1S/C18H11Br3/c19-13-10-8-12(9-11-13)14-5-3-6-16(18(14)21)15-4-1-2-7-17(15)20/h1-11H. The van der Waals surface area contributed by atoms with Gasteiger partial charge in [0.25, 0.3) is 0 Å². The molecule has 0 nitrogen and oxygen atoms in total. The molecular weight excluding hydrogens is 456 g/mol. The summed E-state index contributed by atoms with van der Waals surface area (Å²) < 4.78 is 3.29. The fourth-order valence-electron chi connectivity index (χ4n) is 2.27. The van der Waals surface area contributed by atoms with Gasteiger partial charge in [-0.05, 0) is 56.4 Å². The molecule has 0 radical (unpaired) electrons. The van der Waals surface area contributed by atoms with Crippen molar-refractivity contribution in [1.82, 2.24) is 0 Å². The van der Waals surface area contributed by atoms with Gasteiger partial charge in [-0.3, -0.25) is 0 Å². The van der Waals surface area contributed by atoms with Gasteiger partial charge in [0.1, 0.15) is 0 Å². The van der Waals surface area contributed by atoms with Crippen LogP contribution in [0.1, 0.15) is 0 Å². The molecule has 0 heterocycles. The van der Waals surface area contributed by atoms with Crippen molar-refractivity contribution in [2.45, 2.75) is 0 Å². The summed E-state index contributed by atoms with van der Waals surface area (Å²) in [5, 5.41) is 0. The molecule has 0 aromatic heterocycles. The van der Waals surface area contributed by atoms with Gasteiger partial charge in [-0.25, -0.2) is 0 Å². The first kappa shape index (κ1) is 15.0. The van der Waals surface area contributed by atoms with E-state index < -0.39 is 0 Å². The van der Waals surface area contributed by atoms with Crippen LogP contribution in [0.25, 0.3) is 22.3 Å². The minimum atomic E-state index is 1.09. The predicted octanol–water partition coefficient (Wildman–Crippen LogP) is 7.31. The molecule has 0 aliphatic rings. The lowest BCUT2D eigenvalue weighted by Gasteiger charge is -2.12. The van der Waals surface area contributed by atoms with Gasteiger partial charge in [0.05, 0.1) is 0 Å². The molecule has 0 aliphatic heterocycles. The van der Waals surface area contributed by atoms with Crippen molar-refractivity contribution >= 4 is 47.8 Å². The molecule has 0 N–H and O–H groups in total. The van der Waals surface area contributed by atoms with Gasteiger partial charge in [0.15, 0.2) is 0 Å². The van der Waals surface area contributed by atoms with Crippen LogP contribution < -0.4 is 0 Å². The Morgan fingerprint density at radius 3 is 1.86 bits per heavy atom. The molecule has 0 atom stereocenters. The third kappa shape index (κ3) is 3.15. The Hall–Kier alpha value is -0.900. The zero-order chi connectivity index (χ0) is 14.8. The van der Waals surface area contributed by atoms with E-state index in [4.69, 9.17) is 0 Å². The van der Waals surface area contributed by atoms with E-state index in [1.807, 2.05) is 6.07 Å². The quantitative estimate of drug-likeness (QED) is 0.371. The Balaban J connectivity index is 2.16. The Labute approximate surface area is 149 Å². The van der Waals surface area contributed by atoms with Crippen LogP contribution in [0.3, 0.4) is 0 Å². The average molecular weight is 467 g/mol. The van der Waals surface area contributed by atoms with Gasteiger partial charge in [0.2, 0.25) is 0 Å². The topological polar surface area (TPSA) is 0 Å². The normalized spacial score (nSPS) is 10.6. The zero-order valence-electron chi connectivity index (χ0n) is 11.0. The third-order valence-electron chi connectivity index (χ3n) is 3.32. The van der Waals surface area contributed by atoms with Crippen molar-refractivity contribution in [2.24, 2.45) is 0 Å². The molecule has 0 fully saturated rings. The number of hydrogen-bond acceptors (Lipinski definition) is 0. The molecule has 0 bridgehead atoms. The van der Waals surface area contributed by atoms with Crippen molar-refractivity contribution < 1.29 is 0 Å². The van der Waals surface area contributed by atoms with E-state index in [1.54, 1.807) is 0 Å². The Bertz CT molecular complexity index is 777. The minimum absolute atomic E-state index is 1.09. The summed E-state index contributed by atoms with van der Waals surface area (Å²) in [4.78, 5) is 0. The average Bonchev–Trinajstić information content (AvgIpc) is 2.50. The monoisotopic (exact) mass is 464 g/mol. The van der Waals surface area contributed by atoms with Crippen molar-refractivity contribution in [3.05, 3.63) is 80.1 Å². The van der Waals surface area contributed by atoms with E-state index in [-0.39, 0.29) is 0 Å². The maximum atomic E-state index is 3.77. The molecule has 104 valence electrons. The molecule has 3 aromatic rings. The summed E-state index contributed by atoms with van der Waals surface area (Å²) in [5.74, 6) is 0. The van der Waals surface area contributed by atoms with Crippen LogP contribution in [0.15, 0.2) is 80.1 Å². The van der Waals surface area contributed by atoms with E-state index in [9.17, 15) is 0 Å². The van der Waals surface area contributed by atoms with Crippen LogP contribution in [0.5, 0.6) is 0 Å². The highest BCUT2D eigenvalue weighted by molar-refractivity contribution is 9.11. The summed E-state index contributed by atoms with van der Waals surface area (Å²) in [6.45, 7) is 0. The summed E-state index contributed by atoms with van der Waals surface area (Å²) in [5.41, 5.74) is 4.75. The number of rotatable bonds is 2. The van der Waals surface area contributed by atoms with Gasteiger partial charge in [0, 0.05) is 13.4 Å². The third-order valence-corrected chi connectivity index (χ3v) is 5.39. The second-order valence-corrected chi connectivity index (χ2v) is 7.22. The van der Waals surface area contributed by atoms with Crippen molar-refractivity contribution in [3.8, 4) is 22.3 Å². The van der Waals surface area contributed by atoms with Crippen LogP contribution in [0.2, 0.25) is 0 Å². The van der Waals surface area contributed by atoms with E-state index in [2.05, 4.69) is 108 Å². The van der Waals surface area contributed by atoms with Crippen LogP contribution >= 0.6 is 47.8 Å². The highest BCUT2D eigenvalue weighted by Crippen LogP contribution is 2.39. The highest BCUT2D eigenvalue weighted by Gasteiger charge is 2.11. The van der Waals surface area contributed by atoms with E-state index in [0.29, 0.717) is 0 Å². The molecular formula is C18H11Br3. The number of benzene rings is 3. The fourth-order valence-corrected chi connectivity index (χ4v) is 3.74. The predicted molar refractivity (Wildman–Crippen MR) is 100 cm³/mol. The first-order chi connectivity index (χ1) is 10.2. The number of halogens is 3. The molecule has 0 aliphatic carbocycles. The lowest BCUT2D eigenvalue weighted by molar-refractivity contribution is 1.53. The smallest absolute Gasteiger partial charge is 0.0332 e. The molecule has 3 rings (SSSR count). The number of hydrogen-bond donors (Lipinski definition) is 0. The molecule has 0 spiro atoms. The second-order valence-electron chi connectivity index (χ2n) is 4.65. The lowest BCUT2D eigenvalue weighted by atomic mass is 9.99. The lowest BCUT2D eigenvalue weighted by Crippen LogP contribution is -1.86. The van der Waals surface area contributed by atoms with Crippen molar-refractivity contribution in [3.63, 3.8) is 0 Å². The molecule has 0 saturated heterocycles. The second kappa shape index (κ2) is 6.47. The van der Waals surface area contributed by atoms with E-state index in [0.717, 1.165) is 13.4 Å². The van der Waals surface area contributed by atoms with Gasteiger partial charge in [-0.2, -0.15) is 0 Å². The molecule has 0 saturated carbocycles. The summed E-state index contributed by atoms with van der Waals surface area (Å²) in [6, 6.07) is 23.0. The summed E-state index contributed by atoms with van der Waals surface area (Å²) >= 11 is 10.9. The fraction of sp³-hybridized carbons (Fsp3) is 0. The highest BCUT2D eigenvalue weighted by atomic mass is 79.9.